The number of aliphatic hydroxyl groups excluding tert-OH is 1. The number of halogens is 2. The first-order valence-electron chi connectivity index (χ1n) is 11.0. The molecule has 0 unspecified atom stereocenters. The highest BCUT2D eigenvalue weighted by Gasteiger charge is 2.32. The van der Waals surface area contributed by atoms with Gasteiger partial charge in [0.15, 0.2) is 11.6 Å². The van der Waals surface area contributed by atoms with Crippen molar-refractivity contribution in [3.05, 3.63) is 53.7 Å². The van der Waals surface area contributed by atoms with Gasteiger partial charge in [-0.3, -0.25) is 4.79 Å². The summed E-state index contributed by atoms with van der Waals surface area (Å²) < 4.78 is 39.4. The van der Waals surface area contributed by atoms with Gasteiger partial charge in [-0.05, 0) is 36.6 Å². The third kappa shape index (κ3) is 4.80. The van der Waals surface area contributed by atoms with Crippen LogP contribution in [0.2, 0.25) is 0 Å². The van der Waals surface area contributed by atoms with Crippen molar-refractivity contribution in [2.24, 2.45) is 0 Å². The number of carboxylic acid groups (broad SMARTS) is 1. The van der Waals surface area contributed by atoms with Gasteiger partial charge >= 0.3 is 0 Å². The van der Waals surface area contributed by atoms with E-state index in [2.05, 4.69) is 0 Å². The van der Waals surface area contributed by atoms with Crippen LogP contribution < -0.4 is 4.74 Å². The Labute approximate surface area is 194 Å². The molecule has 0 atom stereocenters. The fourth-order valence-electron chi connectivity index (χ4n) is 4.43. The molecule has 1 aromatic heterocycles. The van der Waals surface area contributed by atoms with E-state index in [1.165, 1.54) is 12.1 Å². The van der Waals surface area contributed by atoms with E-state index in [0.29, 0.717) is 53.8 Å². The second kappa shape index (κ2) is 10.3. The highest BCUT2D eigenvalue weighted by molar-refractivity contribution is 6.03. The molecular formula is C25H25F2NO6. The van der Waals surface area contributed by atoms with Crippen LogP contribution in [0.3, 0.4) is 0 Å². The summed E-state index contributed by atoms with van der Waals surface area (Å²) in [7, 11) is 0. The lowest BCUT2D eigenvalue weighted by atomic mass is 9.87. The number of nitrogens with zero attached hydrogens (tertiary/aromatic N) is 1. The van der Waals surface area contributed by atoms with Gasteiger partial charge < -0.3 is 24.8 Å². The minimum atomic E-state index is -0.937. The number of rotatable bonds is 4. The van der Waals surface area contributed by atoms with Crippen molar-refractivity contribution in [2.45, 2.75) is 43.8 Å². The van der Waals surface area contributed by atoms with E-state index in [9.17, 15) is 19.0 Å². The second-order valence-corrected chi connectivity index (χ2v) is 8.36. The van der Waals surface area contributed by atoms with Gasteiger partial charge in [0.2, 0.25) is 5.88 Å². The average molecular weight is 473 g/mol. The van der Waals surface area contributed by atoms with Crippen molar-refractivity contribution in [1.82, 2.24) is 4.98 Å². The molecule has 1 saturated carbocycles. The van der Waals surface area contributed by atoms with Crippen LogP contribution in [0.1, 0.15) is 37.3 Å². The van der Waals surface area contributed by atoms with Gasteiger partial charge in [0, 0.05) is 42.9 Å². The van der Waals surface area contributed by atoms with Crippen molar-refractivity contribution >= 4 is 17.2 Å². The van der Waals surface area contributed by atoms with Gasteiger partial charge in [-0.15, -0.1) is 0 Å². The van der Waals surface area contributed by atoms with E-state index < -0.39 is 11.6 Å². The van der Waals surface area contributed by atoms with Gasteiger partial charge in [-0.2, -0.15) is 0 Å². The molecule has 0 spiro atoms. The molecule has 2 heterocycles. The summed E-state index contributed by atoms with van der Waals surface area (Å²) in [5.74, 6) is -1.49. The van der Waals surface area contributed by atoms with E-state index in [4.69, 9.17) is 24.4 Å². The maximum Gasteiger partial charge on any atom is 0.290 e. The third-order valence-corrected chi connectivity index (χ3v) is 6.17. The van der Waals surface area contributed by atoms with Crippen molar-refractivity contribution in [2.75, 3.05) is 13.2 Å². The molecule has 7 nitrogen and oxygen atoms in total. The van der Waals surface area contributed by atoms with Crippen LogP contribution in [0.4, 0.5) is 8.78 Å². The minimum Gasteiger partial charge on any atom is -0.507 e. The van der Waals surface area contributed by atoms with Crippen LogP contribution in [0.5, 0.6) is 11.6 Å². The lowest BCUT2D eigenvalue weighted by molar-refractivity contribution is -0.122. The zero-order chi connectivity index (χ0) is 24.2. The number of hydrogen-bond acceptors (Lipinski definition) is 6. The molecule has 34 heavy (non-hydrogen) atoms. The summed E-state index contributed by atoms with van der Waals surface area (Å²) in [6.45, 7) is 0.930. The largest absolute Gasteiger partial charge is 0.507 e. The molecule has 2 aliphatic rings. The van der Waals surface area contributed by atoms with Crippen LogP contribution in [0.25, 0.3) is 21.9 Å². The summed E-state index contributed by atoms with van der Waals surface area (Å²) in [5, 5.41) is 28.3. The average Bonchev–Trinajstić information content (AvgIpc) is 2.81. The van der Waals surface area contributed by atoms with Crippen molar-refractivity contribution in [1.29, 1.82) is 0 Å². The van der Waals surface area contributed by atoms with Gasteiger partial charge in [-0.1, -0.05) is 18.2 Å². The number of fused-ring (bicyclic) bond motifs is 1. The molecular weight excluding hydrogens is 448 g/mol. The van der Waals surface area contributed by atoms with Gasteiger partial charge in [-0.25, -0.2) is 13.8 Å². The highest BCUT2D eigenvalue weighted by Crippen LogP contribution is 2.45. The number of aliphatic hydroxyl groups is 1. The van der Waals surface area contributed by atoms with Gasteiger partial charge in [0.25, 0.3) is 6.47 Å². The molecule has 0 amide bonds. The predicted molar refractivity (Wildman–Crippen MR) is 120 cm³/mol. The molecule has 0 radical (unpaired) electrons. The zero-order valence-electron chi connectivity index (χ0n) is 18.3. The molecule has 1 aliphatic heterocycles. The topological polar surface area (TPSA) is 109 Å². The van der Waals surface area contributed by atoms with Crippen LogP contribution in [-0.2, 0) is 9.53 Å². The quantitative estimate of drug-likeness (QED) is 0.483. The minimum absolute atomic E-state index is 0.00207. The fraction of sp³-hybridized carbons (Fsp3) is 0.360. The lowest BCUT2D eigenvalue weighted by Crippen LogP contribution is -2.37. The fourth-order valence-corrected chi connectivity index (χ4v) is 4.43. The zero-order valence-corrected chi connectivity index (χ0v) is 18.3. The van der Waals surface area contributed by atoms with Crippen molar-refractivity contribution in [3.8, 4) is 22.8 Å². The molecule has 5 rings (SSSR count). The summed E-state index contributed by atoms with van der Waals surface area (Å²) in [6, 6.07) is 8.90. The van der Waals surface area contributed by atoms with E-state index in [-0.39, 0.29) is 30.3 Å². The first-order chi connectivity index (χ1) is 16.4. The third-order valence-electron chi connectivity index (χ3n) is 6.17. The molecule has 3 aromatic rings. The van der Waals surface area contributed by atoms with Crippen LogP contribution >= 0.6 is 0 Å². The number of aromatic hydroxyl groups is 1. The first kappa shape index (κ1) is 23.8. The predicted octanol–water partition coefficient (Wildman–Crippen LogP) is 4.38. The Hall–Kier alpha value is -3.30. The van der Waals surface area contributed by atoms with E-state index in [1.807, 2.05) is 6.07 Å². The molecule has 9 heteroatoms. The smallest absolute Gasteiger partial charge is 0.290 e. The normalized spacial score (nSPS) is 20.2. The molecule has 2 aromatic carbocycles. The van der Waals surface area contributed by atoms with Gasteiger partial charge in [0.1, 0.15) is 11.9 Å². The highest BCUT2D eigenvalue weighted by atomic mass is 19.2. The Morgan fingerprint density at radius 1 is 1.09 bits per heavy atom. The Balaban J connectivity index is 0.000000868. The summed E-state index contributed by atoms with van der Waals surface area (Å²) in [6.07, 6.45) is 1.94. The molecule has 180 valence electrons. The van der Waals surface area contributed by atoms with E-state index in [0.717, 1.165) is 24.6 Å². The molecule has 0 bridgehead atoms. The van der Waals surface area contributed by atoms with Crippen LogP contribution in [0.15, 0.2) is 36.4 Å². The second-order valence-electron chi connectivity index (χ2n) is 8.36. The Morgan fingerprint density at radius 2 is 1.79 bits per heavy atom. The Kier molecular flexibility index (Phi) is 7.23. The summed E-state index contributed by atoms with van der Waals surface area (Å²) in [5.41, 5.74) is 1.88. The standard InChI is InChI=1S/C24H23F2NO4.CH2O2/c25-18-5-4-14(10-19(18)26)21-17-2-1-3-20(29)22(17)24(31-16-11-15(28)12-16)27-23(21)13-6-8-30-9-7-13;2-1-3/h1-5,10,13,15-16,28-29H,6-9,11-12H2;1H,(H,2,3). The number of hydrogen-bond donors (Lipinski definition) is 3. The number of benzene rings is 2. The number of phenols is 1. The van der Waals surface area contributed by atoms with Crippen LogP contribution in [0, 0.1) is 11.6 Å². The first-order valence-corrected chi connectivity index (χ1v) is 11.0. The Morgan fingerprint density at radius 3 is 2.44 bits per heavy atom. The number of pyridine rings is 1. The number of carbonyl (C=O) groups is 1. The van der Waals surface area contributed by atoms with Crippen molar-refractivity contribution in [3.63, 3.8) is 0 Å². The monoisotopic (exact) mass is 473 g/mol. The van der Waals surface area contributed by atoms with Crippen LogP contribution in [-0.4, -0.2) is 52.2 Å². The maximum absolute atomic E-state index is 14.1. The molecule has 1 saturated heterocycles. The number of phenolic OH excluding ortho intramolecular Hbond substituents is 1. The van der Waals surface area contributed by atoms with Gasteiger partial charge in [0.05, 0.1) is 17.2 Å². The van der Waals surface area contributed by atoms with E-state index in [1.54, 1.807) is 12.1 Å². The number of aromatic nitrogens is 1. The maximum atomic E-state index is 14.1. The number of ether oxygens (including phenoxy) is 2. The molecule has 3 N–H and O–H groups in total. The Bertz CT molecular complexity index is 1180. The van der Waals surface area contributed by atoms with E-state index >= 15 is 0 Å². The lowest BCUT2D eigenvalue weighted by Gasteiger charge is -2.32. The van der Waals surface area contributed by atoms with Crippen molar-refractivity contribution < 1.29 is 38.4 Å². The molecule has 2 fully saturated rings. The summed E-state index contributed by atoms with van der Waals surface area (Å²) in [4.78, 5) is 13.2. The summed E-state index contributed by atoms with van der Waals surface area (Å²) >= 11 is 0. The molecule has 1 aliphatic carbocycles. The SMILES string of the molecule is O=CO.Oc1cccc2c(-c3ccc(F)c(F)c3)c(C3CCOCC3)nc(OC3CC(O)C3)c12.